The van der Waals surface area contributed by atoms with Crippen LogP contribution in [0.25, 0.3) is 6.08 Å². The molecule has 0 saturated carbocycles. The maximum atomic E-state index is 5.91. The molecule has 0 heterocycles. The second-order valence-corrected chi connectivity index (χ2v) is 3.37. The fourth-order valence-corrected chi connectivity index (χ4v) is 1.50. The second kappa shape index (κ2) is 4.75. The van der Waals surface area contributed by atoms with Crippen molar-refractivity contribution < 1.29 is 4.74 Å². The van der Waals surface area contributed by atoms with E-state index in [2.05, 4.69) is 0 Å². The van der Waals surface area contributed by atoms with Crippen molar-refractivity contribution in [1.82, 2.24) is 0 Å². The molecule has 4 heteroatoms. The Bertz CT molecular complexity index is 334. The largest absolute Gasteiger partial charge is 0.495 e. The first-order valence-corrected chi connectivity index (χ1v) is 4.68. The van der Waals surface area contributed by atoms with Crippen molar-refractivity contribution in [3.8, 4) is 5.75 Å². The number of halogens is 3. The molecule has 1 aromatic rings. The van der Waals surface area contributed by atoms with E-state index in [-0.39, 0.29) is 0 Å². The molecule has 1 rings (SSSR count). The van der Waals surface area contributed by atoms with Gasteiger partial charge in [0.25, 0.3) is 0 Å². The standard InChI is InChI=1S/C9H7Cl3O/c1-13-9-5-7(11)6(2-3-10)4-8(9)12/h2-5H,1H3. The minimum Gasteiger partial charge on any atom is -0.495 e. The van der Waals surface area contributed by atoms with E-state index in [1.54, 1.807) is 18.2 Å². The third kappa shape index (κ3) is 2.53. The SMILES string of the molecule is COc1cc(Cl)c(C=CCl)cc1Cl. The summed E-state index contributed by atoms with van der Waals surface area (Å²) in [5, 5.41) is 1.06. The Morgan fingerprint density at radius 1 is 1.23 bits per heavy atom. The first-order valence-electron chi connectivity index (χ1n) is 3.49. The normalized spacial score (nSPS) is 10.8. The van der Waals surface area contributed by atoms with E-state index < -0.39 is 0 Å². The van der Waals surface area contributed by atoms with Crippen LogP contribution in [0.4, 0.5) is 0 Å². The molecule has 0 radical (unpaired) electrons. The molecule has 0 aliphatic rings. The summed E-state index contributed by atoms with van der Waals surface area (Å²) in [6.07, 6.45) is 1.66. The summed E-state index contributed by atoms with van der Waals surface area (Å²) >= 11 is 17.2. The minimum absolute atomic E-state index is 0.511. The first-order chi connectivity index (χ1) is 6.19. The van der Waals surface area contributed by atoms with Gasteiger partial charge in [-0.25, -0.2) is 0 Å². The summed E-state index contributed by atoms with van der Waals surface area (Å²) in [5.41, 5.74) is 2.15. The lowest BCUT2D eigenvalue weighted by Crippen LogP contribution is -1.85. The van der Waals surface area contributed by atoms with E-state index in [4.69, 9.17) is 39.5 Å². The molecule has 0 aliphatic carbocycles. The van der Waals surface area contributed by atoms with Crippen molar-refractivity contribution in [3.63, 3.8) is 0 Å². The zero-order valence-electron chi connectivity index (χ0n) is 6.85. The molecule has 0 spiro atoms. The molecule has 0 bridgehead atoms. The smallest absolute Gasteiger partial charge is 0.138 e. The number of rotatable bonds is 2. The highest BCUT2D eigenvalue weighted by Crippen LogP contribution is 2.31. The average Bonchev–Trinajstić information content (AvgIpc) is 2.11. The Kier molecular flexibility index (Phi) is 3.91. The Morgan fingerprint density at radius 2 is 1.92 bits per heavy atom. The van der Waals surface area contributed by atoms with Gasteiger partial charge in [0.2, 0.25) is 0 Å². The van der Waals surface area contributed by atoms with Crippen molar-refractivity contribution >= 4 is 40.9 Å². The van der Waals surface area contributed by atoms with Gasteiger partial charge in [0, 0.05) is 11.6 Å². The van der Waals surface area contributed by atoms with Gasteiger partial charge in [0.05, 0.1) is 17.2 Å². The number of hydrogen-bond acceptors (Lipinski definition) is 1. The average molecular weight is 238 g/mol. The molecule has 70 valence electrons. The van der Waals surface area contributed by atoms with Crippen LogP contribution in [0.1, 0.15) is 5.56 Å². The molecule has 0 fully saturated rings. The first kappa shape index (κ1) is 10.7. The zero-order valence-corrected chi connectivity index (χ0v) is 9.12. The summed E-state index contributed by atoms with van der Waals surface area (Å²) in [7, 11) is 1.54. The summed E-state index contributed by atoms with van der Waals surface area (Å²) < 4.78 is 4.99. The molecule has 0 amide bonds. The highest BCUT2D eigenvalue weighted by atomic mass is 35.5. The molecule has 13 heavy (non-hydrogen) atoms. The molecule has 1 nitrogen and oxygen atoms in total. The van der Waals surface area contributed by atoms with Gasteiger partial charge >= 0.3 is 0 Å². The lowest BCUT2D eigenvalue weighted by atomic mass is 10.2. The molecule has 1 aromatic carbocycles. The van der Waals surface area contributed by atoms with E-state index >= 15 is 0 Å². The molecule has 0 saturated heterocycles. The highest BCUT2D eigenvalue weighted by molar-refractivity contribution is 6.35. The van der Waals surface area contributed by atoms with Crippen LogP contribution in [0.15, 0.2) is 17.7 Å². The van der Waals surface area contributed by atoms with Gasteiger partial charge < -0.3 is 4.74 Å². The predicted molar refractivity (Wildman–Crippen MR) is 57.9 cm³/mol. The zero-order chi connectivity index (χ0) is 9.84. The van der Waals surface area contributed by atoms with Crippen LogP contribution >= 0.6 is 34.8 Å². The van der Waals surface area contributed by atoms with Crippen LogP contribution < -0.4 is 4.74 Å². The number of benzene rings is 1. The van der Waals surface area contributed by atoms with Crippen LogP contribution in [0, 0.1) is 0 Å². The monoisotopic (exact) mass is 236 g/mol. The molecule has 0 unspecified atom stereocenters. The van der Waals surface area contributed by atoms with Gasteiger partial charge in [-0.1, -0.05) is 34.8 Å². The van der Waals surface area contributed by atoms with Crippen LogP contribution in [-0.4, -0.2) is 7.11 Å². The van der Waals surface area contributed by atoms with Gasteiger partial charge in [-0.05, 0) is 17.7 Å². The second-order valence-electron chi connectivity index (χ2n) is 2.30. The van der Waals surface area contributed by atoms with E-state index in [9.17, 15) is 0 Å². The van der Waals surface area contributed by atoms with Crippen LogP contribution in [0.5, 0.6) is 5.75 Å². The van der Waals surface area contributed by atoms with Crippen molar-refractivity contribution in [1.29, 1.82) is 0 Å². The van der Waals surface area contributed by atoms with E-state index in [0.29, 0.717) is 15.8 Å². The number of ether oxygens (including phenoxy) is 1. The molecular weight excluding hydrogens is 230 g/mol. The van der Waals surface area contributed by atoms with Crippen molar-refractivity contribution in [2.75, 3.05) is 7.11 Å². The predicted octanol–water partition coefficient (Wildman–Crippen LogP) is 4.21. The van der Waals surface area contributed by atoms with Gasteiger partial charge in [0.15, 0.2) is 0 Å². The lowest BCUT2D eigenvalue weighted by molar-refractivity contribution is 0.415. The third-order valence-electron chi connectivity index (χ3n) is 1.51. The molecule has 0 aliphatic heterocycles. The molecular formula is C9H7Cl3O. The maximum Gasteiger partial charge on any atom is 0.138 e. The summed E-state index contributed by atoms with van der Waals surface area (Å²) in [4.78, 5) is 0. The maximum absolute atomic E-state index is 5.91. The minimum atomic E-state index is 0.511. The quantitative estimate of drug-likeness (QED) is 0.749. The summed E-state index contributed by atoms with van der Waals surface area (Å²) in [5.74, 6) is 0.554. The van der Waals surface area contributed by atoms with Crippen LogP contribution in [0.3, 0.4) is 0 Å². The fraction of sp³-hybridized carbons (Fsp3) is 0.111. The van der Waals surface area contributed by atoms with Gasteiger partial charge in [-0.2, -0.15) is 0 Å². The van der Waals surface area contributed by atoms with Crippen molar-refractivity contribution in [2.24, 2.45) is 0 Å². The Morgan fingerprint density at radius 3 is 2.46 bits per heavy atom. The number of hydrogen-bond donors (Lipinski definition) is 0. The van der Waals surface area contributed by atoms with Gasteiger partial charge in [-0.15, -0.1) is 0 Å². The van der Waals surface area contributed by atoms with Gasteiger partial charge in [-0.3, -0.25) is 0 Å². The Hall–Kier alpha value is -0.370. The Labute approximate surface area is 91.9 Å². The topological polar surface area (TPSA) is 9.23 Å². The summed E-state index contributed by atoms with van der Waals surface area (Å²) in [6, 6.07) is 3.34. The lowest BCUT2D eigenvalue weighted by Gasteiger charge is -2.05. The molecule has 0 atom stereocenters. The van der Waals surface area contributed by atoms with E-state index in [0.717, 1.165) is 5.56 Å². The Balaban J connectivity index is 3.20. The van der Waals surface area contributed by atoms with Crippen molar-refractivity contribution in [3.05, 3.63) is 33.3 Å². The summed E-state index contributed by atoms with van der Waals surface area (Å²) in [6.45, 7) is 0. The number of methoxy groups -OCH3 is 1. The van der Waals surface area contributed by atoms with Crippen LogP contribution in [0.2, 0.25) is 10.0 Å². The van der Waals surface area contributed by atoms with E-state index in [1.165, 1.54) is 12.6 Å². The molecule has 0 N–H and O–H groups in total. The van der Waals surface area contributed by atoms with Gasteiger partial charge in [0.1, 0.15) is 5.75 Å². The highest BCUT2D eigenvalue weighted by Gasteiger charge is 2.04. The third-order valence-corrected chi connectivity index (χ3v) is 2.26. The fourth-order valence-electron chi connectivity index (χ4n) is 0.896. The van der Waals surface area contributed by atoms with Crippen LogP contribution in [-0.2, 0) is 0 Å². The van der Waals surface area contributed by atoms with E-state index in [1.807, 2.05) is 0 Å². The molecule has 0 aromatic heterocycles. The van der Waals surface area contributed by atoms with Crippen molar-refractivity contribution in [2.45, 2.75) is 0 Å².